The number of nitrogens with zero attached hydrogens (tertiary/aromatic N) is 1. The number of hydrogen-bond acceptors (Lipinski definition) is 3. The number of hydrogen-bond donors (Lipinski definition) is 1. The molecule has 0 radical (unpaired) electrons. The van der Waals surface area contributed by atoms with Crippen molar-refractivity contribution in [3.8, 4) is 0 Å². The fraction of sp³-hybridized carbons (Fsp3) is 0.417. The van der Waals surface area contributed by atoms with Crippen LogP contribution >= 0.6 is 0 Å². The van der Waals surface area contributed by atoms with Crippen molar-refractivity contribution in [2.45, 2.75) is 25.9 Å². The first kappa shape index (κ1) is 10.0. The highest BCUT2D eigenvalue weighted by atomic mass is 16.6. The Labute approximate surface area is 90.1 Å². The van der Waals surface area contributed by atoms with E-state index in [0.717, 1.165) is 18.7 Å². The lowest BCUT2D eigenvalue weighted by molar-refractivity contribution is -0.0350. The van der Waals surface area contributed by atoms with Crippen LogP contribution in [-0.2, 0) is 10.4 Å². The molecule has 2 rings (SSSR count). The van der Waals surface area contributed by atoms with Gasteiger partial charge in [0.15, 0.2) is 5.60 Å². The van der Waals surface area contributed by atoms with E-state index < -0.39 is 0 Å². The number of rotatable bonds is 3. The van der Waals surface area contributed by atoms with E-state index in [0.29, 0.717) is 0 Å². The van der Waals surface area contributed by atoms with Crippen LogP contribution in [0.1, 0.15) is 25.8 Å². The summed E-state index contributed by atoms with van der Waals surface area (Å²) in [6.07, 6.45) is 2.59. The summed E-state index contributed by atoms with van der Waals surface area (Å²) in [7, 11) is 0. The fourth-order valence-electron chi connectivity index (χ4n) is 1.98. The second kappa shape index (κ2) is 3.93. The molecule has 0 fully saturated rings. The van der Waals surface area contributed by atoms with E-state index in [2.05, 4.69) is 29.5 Å². The van der Waals surface area contributed by atoms with Crippen LogP contribution in [0.25, 0.3) is 0 Å². The summed E-state index contributed by atoms with van der Waals surface area (Å²) in [6, 6.07) is 8.24. The predicted molar refractivity (Wildman–Crippen MR) is 62.2 cm³/mol. The third-order valence-corrected chi connectivity index (χ3v) is 2.89. The van der Waals surface area contributed by atoms with Crippen LogP contribution in [0.15, 0.2) is 29.4 Å². The summed E-state index contributed by atoms with van der Waals surface area (Å²) >= 11 is 0. The van der Waals surface area contributed by atoms with Crippen LogP contribution in [0.4, 0.5) is 5.69 Å². The van der Waals surface area contributed by atoms with Gasteiger partial charge in [-0.3, -0.25) is 0 Å². The molecule has 0 aromatic heterocycles. The van der Waals surface area contributed by atoms with Crippen molar-refractivity contribution in [3.63, 3.8) is 0 Å². The van der Waals surface area contributed by atoms with Crippen molar-refractivity contribution < 1.29 is 4.84 Å². The van der Waals surface area contributed by atoms with Crippen LogP contribution in [0.2, 0.25) is 0 Å². The maximum absolute atomic E-state index is 5.62. The Bertz CT molecular complexity index is 376. The lowest BCUT2D eigenvalue weighted by Crippen LogP contribution is -2.29. The Balaban J connectivity index is 2.36. The van der Waals surface area contributed by atoms with E-state index in [1.165, 1.54) is 5.56 Å². The molecule has 1 unspecified atom stereocenters. The highest BCUT2D eigenvalue weighted by molar-refractivity contribution is 5.59. The lowest BCUT2D eigenvalue weighted by Gasteiger charge is -2.24. The number of nitrogens with one attached hydrogen (secondary N) is 1. The molecule has 0 spiro atoms. The summed E-state index contributed by atoms with van der Waals surface area (Å²) in [5, 5.41) is 7.28. The number of benzene rings is 1. The first-order chi connectivity index (χ1) is 7.32. The zero-order chi connectivity index (χ0) is 10.7. The zero-order valence-electron chi connectivity index (χ0n) is 9.16. The second-order valence-electron chi connectivity index (χ2n) is 3.70. The van der Waals surface area contributed by atoms with Gasteiger partial charge in [0.2, 0.25) is 0 Å². The minimum absolute atomic E-state index is 0.289. The maximum Gasteiger partial charge on any atom is 0.181 e. The molecule has 80 valence electrons. The van der Waals surface area contributed by atoms with Gasteiger partial charge in [-0.2, -0.15) is 0 Å². The third-order valence-electron chi connectivity index (χ3n) is 2.89. The molecule has 1 aromatic rings. The van der Waals surface area contributed by atoms with E-state index >= 15 is 0 Å². The van der Waals surface area contributed by atoms with Crippen molar-refractivity contribution in [2.75, 3.05) is 11.9 Å². The van der Waals surface area contributed by atoms with E-state index in [4.69, 9.17) is 4.84 Å². The average Bonchev–Trinajstić information content (AvgIpc) is 2.66. The van der Waals surface area contributed by atoms with Crippen LogP contribution in [-0.4, -0.2) is 12.8 Å². The minimum Gasteiger partial charge on any atom is -0.383 e. The molecular weight excluding hydrogens is 188 g/mol. The fourth-order valence-corrected chi connectivity index (χ4v) is 1.98. The van der Waals surface area contributed by atoms with Gasteiger partial charge in [-0.05, 0) is 19.4 Å². The standard InChI is InChI=1S/C12H16N2O/c1-3-12(15-14-4-2)9-13-11-8-6-5-7-10(11)12/h4-8,13H,3,9H2,1-2H3/b14-4+. The van der Waals surface area contributed by atoms with Crippen LogP contribution in [0.5, 0.6) is 0 Å². The summed E-state index contributed by atoms with van der Waals surface area (Å²) in [6.45, 7) is 4.77. The van der Waals surface area contributed by atoms with Gasteiger partial charge >= 0.3 is 0 Å². The van der Waals surface area contributed by atoms with E-state index in [1.807, 2.05) is 19.1 Å². The molecule has 1 aliphatic heterocycles. The topological polar surface area (TPSA) is 33.6 Å². The van der Waals surface area contributed by atoms with Crippen LogP contribution in [0.3, 0.4) is 0 Å². The third kappa shape index (κ3) is 1.58. The average molecular weight is 204 g/mol. The smallest absolute Gasteiger partial charge is 0.181 e. The van der Waals surface area contributed by atoms with Gasteiger partial charge in [0.1, 0.15) is 0 Å². The molecular formula is C12H16N2O. The number of para-hydroxylation sites is 1. The summed E-state index contributed by atoms with van der Waals surface area (Å²) in [4.78, 5) is 5.62. The van der Waals surface area contributed by atoms with E-state index in [9.17, 15) is 0 Å². The maximum atomic E-state index is 5.62. The highest BCUT2D eigenvalue weighted by Gasteiger charge is 2.39. The number of fused-ring (bicyclic) bond motifs is 1. The van der Waals surface area contributed by atoms with E-state index in [-0.39, 0.29) is 5.60 Å². The monoisotopic (exact) mass is 204 g/mol. The molecule has 1 atom stereocenters. The van der Waals surface area contributed by atoms with Crippen molar-refractivity contribution >= 4 is 11.9 Å². The first-order valence-electron chi connectivity index (χ1n) is 5.32. The van der Waals surface area contributed by atoms with Crippen molar-refractivity contribution in [1.82, 2.24) is 0 Å². The van der Waals surface area contributed by atoms with E-state index in [1.54, 1.807) is 6.21 Å². The molecule has 1 heterocycles. The molecule has 0 aliphatic carbocycles. The number of oxime groups is 1. The SMILES string of the molecule is C/C=N/OC1(CC)CNc2ccccc21. The van der Waals surface area contributed by atoms with Gasteiger partial charge in [0.05, 0.1) is 6.54 Å². The van der Waals surface area contributed by atoms with Gasteiger partial charge in [-0.15, -0.1) is 0 Å². The quantitative estimate of drug-likeness (QED) is 0.606. The van der Waals surface area contributed by atoms with Gasteiger partial charge in [-0.25, -0.2) is 0 Å². The summed E-state index contributed by atoms with van der Waals surface area (Å²) < 4.78 is 0. The molecule has 0 bridgehead atoms. The zero-order valence-corrected chi connectivity index (χ0v) is 9.16. The highest BCUT2D eigenvalue weighted by Crippen LogP contribution is 2.40. The Hall–Kier alpha value is -1.51. The molecule has 1 aromatic carbocycles. The Morgan fingerprint density at radius 3 is 3.07 bits per heavy atom. The predicted octanol–water partition coefficient (Wildman–Crippen LogP) is 2.74. The van der Waals surface area contributed by atoms with Gasteiger partial charge in [0.25, 0.3) is 0 Å². The van der Waals surface area contributed by atoms with Crippen LogP contribution < -0.4 is 5.32 Å². The lowest BCUT2D eigenvalue weighted by atomic mass is 9.93. The molecule has 15 heavy (non-hydrogen) atoms. The molecule has 3 heteroatoms. The Kier molecular flexibility index (Phi) is 2.62. The molecule has 0 amide bonds. The number of anilines is 1. The largest absolute Gasteiger partial charge is 0.383 e. The molecule has 0 saturated carbocycles. The first-order valence-corrected chi connectivity index (χ1v) is 5.32. The minimum atomic E-state index is -0.289. The molecule has 1 N–H and O–H groups in total. The Morgan fingerprint density at radius 1 is 1.53 bits per heavy atom. The van der Waals surface area contributed by atoms with Crippen LogP contribution in [0, 0.1) is 0 Å². The van der Waals surface area contributed by atoms with Crippen molar-refractivity contribution in [2.24, 2.45) is 5.16 Å². The normalized spacial score (nSPS) is 23.9. The molecule has 0 saturated heterocycles. The van der Waals surface area contributed by atoms with Crippen molar-refractivity contribution in [3.05, 3.63) is 29.8 Å². The summed E-state index contributed by atoms with van der Waals surface area (Å²) in [5.41, 5.74) is 2.08. The van der Waals surface area contributed by atoms with Gasteiger partial charge < -0.3 is 10.2 Å². The molecule has 3 nitrogen and oxygen atoms in total. The Morgan fingerprint density at radius 2 is 2.33 bits per heavy atom. The molecule has 1 aliphatic rings. The second-order valence-corrected chi connectivity index (χ2v) is 3.70. The van der Waals surface area contributed by atoms with Gasteiger partial charge in [0, 0.05) is 17.5 Å². The van der Waals surface area contributed by atoms with Crippen molar-refractivity contribution in [1.29, 1.82) is 0 Å². The van der Waals surface area contributed by atoms with Gasteiger partial charge in [-0.1, -0.05) is 30.3 Å². The summed E-state index contributed by atoms with van der Waals surface area (Å²) in [5.74, 6) is 0.